The third kappa shape index (κ3) is 1.81. The van der Waals surface area contributed by atoms with E-state index in [0.29, 0.717) is 31.4 Å². The number of aryl methyl sites for hydroxylation is 1. The number of carbonyl (C=O) groups excluding carboxylic acids is 1. The second-order valence-electron chi connectivity index (χ2n) is 4.82. The van der Waals surface area contributed by atoms with Gasteiger partial charge in [0.1, 0.15) is 0 Å². The predicted octanol–water partition coefficient (Wildman–Crippen LogP) is 3.07. The molecular weight excluding hydrogens is 224 g/mol. The summed E-state index contributed by atoms with van der Waals surface area (Å²) in [6.07, 6.45) is 2.16. The molecule has 1 heterocycles. The van der Waals surface area contributed by atoms with E-state index in [1.165, 1.54) is 6.07 Å². The quantitative estimate of drug-likeness (QED) is 0.841. The van der Waals surface area contributed by atoms with E-state index in [1.807, 2.05) is 0 Å². The molecule has 4 heteroatoms. The van der Waals surface area contributed by atoms with Crippen molar-refractivity contribution in [2.24, 2.45) is 5.92 Å². The van der Waals surface area contributed by atoms with Gasteiger partial charge in [0.15, 0.2) is 0 Å². The maximum Gasteiger partial charge on any atom is 0.276 e. The van der Waals surface area contributed by atoms with Crippen molar-refractivity contribution in [3.63, 3.8) is 0 Å². The van der Waals surface area contributed by atoms with Crippen LogP contribution in [-0.2, 0) is 17.1 Å². The van der Waals surface area contributed by atoms with E-state index in [4.69, 9.17) is 0 Å². The van der Waals surface area contributed by atoms with Crippen molar-refractivity contribution in [3.05, 3.63) is 29.3 Å². The van der Waals surface area contributed by atoms with Crippen LogP contribution in [0.5, 0.6) is 0 Å². The van der Waals surface area contributed by atoms with E-state index in [9.17, 15) is 13.6 Å². The fourth-order valence-corrected chi connectivity index (χ4v) is 2.27. The second-order valence-corrected chi connectivity index (χ2v) is 4.82. The van der Waals surface area contributed by atoms with Gasteiger partial charge < -0.3 is 5.32 Å². The topological polar surface area (TPSA) is 29.1 Å². The first-order chi connectivity index (χ1) is 8.07. The van der Waals surface area contributed by atoms with Crippen molar-refractivity contribution in [1.82, 2.24) is 0 Å². The minimum absolute atomic E-state index is 0.0424. The molecule has 3 rings (SSSR count). The monoisotopic (exact) mass is 237 g/mol. The van der Waals surface area contributed by atoms with Gasteiger partial charge in [-0.1, -0.05) is 6.07 Å². The minimum Gasteiger partial charge on any atom is -0.326 e. The summed E-state index contributed by atoms with van der Waals surface area (Å²) in [7, 11) is 0. The van der Waals surface area contributed by atoms with Crippen LogP contribution in [0.1, 0.15) is 30.4 Å². The van der Waals surface area contributed by atoms with Crippen LogP contribution >= 0.6 is 0 Å². The molecule has 1 aromatic carbocycles. The second kappa shape index (κ2) is 3.52. The average Bonchev–Trinajstić information content (AvgIpc) is 3.12. The van der Waals surface area contributed by atoms with Gasteiger partial charge >= 0.3 is 0 Å². The van der Waals surface area contributed by atoms with E-state index in [2.05, 4.69) is 5.32 Å². The van der Waals surface area contributed by atoms with Gasteiger partial charge in [-0.3, -0.25) is 4.79 Å². The van der Waals surface area contributed by atoms with Gasteiger partial charge in [-0.2, -0.15) is 0 Å². The van der Waals surface area contributed by atoms with Crippen molar-refractivity contribution < 1.29 is 13.6 Å². The van der Waals surface area contributed by atoms with Crippen LogP contribution in [0.15, 0.2) is 18.2 Å². The molecule has 0 radical (unpaired) electrons. The highest BCUT2D eigenvalue weighted by Gasteiger charge is 2.48. The number of halogens is 2. The number of hydrogen-bond donors (Lipinski definition) is 1. The number of fused-ring (bicyclic) bond motifs is 1. The molecule has 1 amide bonds. The third-order valence-corrected chi connectivity index (χ3v) is 3.48. The van der Waals surface area contributed by atoms with Crippen molar-refractivity contribution in [2.45, 2.75) is 31.6 Å². The van der Waals surface area contributed by atoms with Crippen molar-refractivity contribution >= 4 is 11.6 Å². The van der Waals surface area contributed by atoms with Gasteiger partial charge in [0.05, 0.1) is 0 Å². The van der Waals surface area contributed by atoms with Crippen LogP contribution in [0.3, 0.4) is 0 Å². The Labute approximate surface area is 98.0 Å². The summed E-state index contributed by atoms with van der Waals surface area (Å²) in [6, 6.07) is 4.58. The number of carbonyl (C=O) groups is 1. The molecule has 0 aromatic heterocycles. The number of benzene rings is 1. The summed E-state index contributed by atoms with van der Waals surface area (Å²) in [6.45, 7) is 0. The van der Waals surface area contributed by atoms with Gasteiger partial charge in [-0.25, -0.2) is 8.78 Å². The standard InChI is InChI=1S/C13H13F2NO/c14-13(15,9-2-3-9)10-4-5-11-8(7-10)1-6-12(17)16-11/h4-5,7,9H,1-3,6H2,(H,16,17). The van der Waals surface area contributed by atoms with E-state index < -0.39 is 11.8 Å². The van der Waals surface area contributed by atoms with E-state index >= 15 is 0 Å². The van der Waals surface area contributed by atoms with E-state index in [0.717, 1.165) is 5.56 Å². The number of hydrogen-bond acceptors (Lipinski definition) is 1. The van der Waals surface area contributed by atoms with Gasteiger partial charge in [0.2, 0.25) is 5.91 Å². The predicted molar refractivity (Wildman–Crippen MR) is 60.0 cm³/mol. The molecule has 0 spiro atoms. The highest BCUT2D eigenvalue weighted by Crippen LogP contribution is 2.50. The van der Waals surface area contributed by atoms with Gasteiger partial charge in [0, 0.05) is 23.6 Å². The molecule has 1 aromatic rings. The molecule has 0 saturated heterocycles. The lowest BCUT2D eigenvalue weighted by Gasteiger charge is -2.21. The number of amides is 1. The molecule has 2 aliphatic rings. The maximum absolute atomic E-state index is 13.9. The molecule has 0 unspecified atom stereocenters. The summed E-state index contributed by atoms with van der Waals surface area (Å²) < 4.78 is 27.8. The minimum atomic E-state index is -2.71. The zero-order valence-corrected chi connectivity index (χ0v) is 9.30. The summed E-state index contributed by atoms with van der Waals surface area (Å²) >= 11 is 0. The molecule has 2 nitrogen and oxygen atoms in total. The van der Waals surface area contributed by atoms with Crippen molar-refractivity contribution in [2.75, 3.05) is 5.32 Å². The molecule has 0 atom stereocenters. The van der Waals surface area contributed by atoms with Crippen LogP contribution in [0.25, 0.3) is 0 Å². The normalized spacial score (nSPS) is 19.8. The lowest BCUT2D eigenvalue weighted by molar-refractivity contribution is -0.116. The highest BCUT2D eigenvalue weighted by atomic mass is 19.3. The summed E-state index contributed by atoms with van der Waals surface area (Å²) in [5.41, 5.74) is 1.59. The Bertz CT molecular complexity index is 480. The molecular formula is C13H13F2NO. The first kappa shape index (κ1) is 10.7. The van der Waals surface area contributed by atoms with Crippen LogP contribution in [-0.4, -0.2) is 5.91 Å². The third-order valence-electron chi connectivity index (χ3n) is 3.48. The molecule has 1 aliphatic heterocycles. The highest BCUT2D eigenvalue weighted by molar-refractivity contribution is 5.93. The Morgan fingerprint density at radius 2 is 2.00 bits per heavy atom. The van der Waals surface area contributed by atoms with E-state index in [-0.39, 0.29) is 11.5 Å². The lowest BCUT2D eigenvalue weighted by Crippen LogP contribution is -2.21. The van der Waals surface area contributed by atoms with Gasteiger partial charge in [-0.05, 0) is 37.0 Å². The number of anilines is 1. The first-order valence-electron chi connectivity index (χ1n) is 5.88. The zero-order valence-electron chi connectivity index (χ0n) is 9.30. The van der Waals surface area contributed by atoms with Crippen LogP contribution in [0.4, 0.5) is 14.5 Å². The van der Waals surface area contributed by atoms with Crippen LogP contribution in [0.2, 0.25) is 0 Å². The smallest absolute Gasteiger partial charge is 0.276 e. The molecule has 17 heavy (non-hydrogen) atoms. The fraction of sp³-hybridized carbons (Fsp3) is 0.462. The fourth-order valence-electron chi connectivity index (χ4n) is 2.27. The molecule has 0 bridgehead atoms. The molecule has 1 N–H and O–H groups in total. The van der Waals surface area contributed by atoms with Gasteiger partial charge in [0.25, 0.3) is 5.92 Å². The number of alkyl halides is 2. The Kier molecular flexibility index (Phi) is 2.21. The van der Waals surface area contributed by atoms with Crippen molar-refractivity contribution in [3.8, 4) is 0 Å². The zero-order chi connectivity index (χ0) is 12.0. The Balaban J connectivity index is 1.95. The Morgan fingerprint density at radius 1 is 1.24 bits per heavy atom. The van der Waals surface area contributed by atoms with Crippen molar-refractivity contribution in [1.29, 1.82) is 0 Å². The lowest BCUT2D eigenvalue weighted by atomic mass is 9.96. The largest absolute Gasteiger partial charge is 0.326 e. The summed E-state index contributed by atoms with van der Waals surface area (Å²) in [5, 5.41) is 2.70. The molecule has 1 saturated carbocycles. The molecule has 90 valence electrons. The van der Waals surface area contributed by atoms with Crippen LogP contribution in [0, 0.1) is 5.92 Å². The van der Waals surface area contributed by atoms with Crippen LogP contribution < -0.4 is 5.32 Å². The first-order valence-corrected chi connectivity index (χ1v) is 5.88. The SMILES string of the molecule is O=C1CCc2cc(C(F)(F)C3CC3)ccc2N1. The number of nitrogens with one attached hydrogen (secondary N) is 1. The Hall–Kier alpha value is -1.45. The maximum atomic E-state index is 13.9. The summed E-state index contributed by atoms with van der Waals surface area (Å²) in [5.74, 6) is -3.24. The average molecular weight is 237 g/mol. The molecule has 1 aliphatic carbocycles. The van der Waals surface area contributed by atoms with Gasteiger partial charge in [-0.15, -0.1) is 0 Å². The molecule has 1 fully saturated rings. The van der Waals surface area contributed by atoms with E-state index in [1.54, 1.807) is 12.1 Å². The summed E-state index contributed by atoms with van der Waals surface area (Å²) in [4.78, 5) is 11.2. The Morgan fingerprint density at radius 3 is 2.71 bits per heavy atom. The number of rotatable bonds is 2.